The first kappa shape index (κ1) is 15.3. The van der Waals surface area contributed by atoms with E-state index in [1.54, 1.807) is 19.3 Å². The Labute approximate surface area is 127 Å². The van der Waals surface area contributed by atoms with Crippen molar-refractivity contribution in [1.82, 2.24) is 9.88 Å². The molecule has 1 aromatic heterocycles. The molecule has 20 heavy (non-hydrogen) atoms. The second-order valence-corrected chi connectivity index (χ2v) is 6.09. The number of piperidine rings is 1. The molecule has 1 aromatic rings. The fraction of sp³-hybridized carbons (Fsp3) is 0.571. The van der Waals surface area contributed by atoms with Gasteiger partial charge in [0.05, 0.1) is 11.7 Å². The highest BCUT2D eigenvalue weighted by Crippen LogP contribution is 2.24. The van der Waals surface area contributed by atoms with Gasteiger partial charge in [0.2, 0.25) is 0 Å². The number of carbonyl (C=O) groups excluding carboxylic acids is 1. The van der Waals surface area contributed by atoms with E-state index in [4.69, 9.17) is 0 Å². The summed E-state index contributed by atoms with van der Waals surface area (Å²) in [6.07, 6.45) is 3.06. The number of carbonyl (C=O) groups is 1. The number of hydrogen-bond donors (Lipinski definition) is 2. The standard InChI is InChI=1S/C14H20BrN3O2/c1-9(19)10-3-5-18(6-4-10)14(20)12-7-11(15)8-17-13(12)16-2/h7-10,19H,3-6H2,1-2H3,(H,16,17). The van der Waals surface area contributed by atoms with Gasteiger partial charge in [0, 0.05) is 30.8 Å². The molecule has 1 amide bonds. The van der Waals surface area contributed by atoms with Crippen LogP contribution in [0.2, 0.25) is 0 Å². The van der Waals surface area contributed by atoms with Crippen molar-refractivity contribution < 1.29 is 9.90 Å². The normalized spacial score (nSPS) is 17.9. The van der Waals surface area contributed by atoms with E-state index in [9.17, 15) is 9.90 Å². The zero-order valence-electron chi connectivity index (χ0n) is 11.8. The smallest absolute Gasteiger partial charge is 0.257 e. The molecule has 0 aromatic carbocycles. The molecule has 2 N–H and O–H groups in total. The van der Waals surface area contributed by atoms with Gasteiger partial charge in [-0.05, 0) is 47.7 Å². The molecule has 0 radical (unpaired) electrons. The van der Waals surface area contributed by atoms with E-state index in [2.05, 4.69) is 26.2 Å². The van der Waals surface area contributed by atoms with E-state index in [1.807, 2.05) is 11.8 Å². The van der Waals surface area contributed by atoms with E-state index in [0.717, 1.165) is 17.3 Å². The first-order valence-electron chi connectivity index (χ1n) is 6.83. The van der Waals surface area contributed by atoms with Gasteiger partial charge in [-0.2, -0.15) is 0 Å². The van der Waals surface area contributed by atoms with Gasteiger partial charge in [0.25, 0.3) is 5.91 Å². The molecule has 1 saturated heterocycles. The number of rotatable bonds is 3. The lowest BCUT2D eigenvalue weighted by atomic mass is 9.92. The van der Waals surface area contributed by atoms with Crippen LogP contribution in [-0.2, 0) is 0 Å². The molecule has 1 aliphatic rings. The molecule has 2 heterocycles. The zero-order chi connectivity index (χ0) is 14.7. The highest BCUT2D eigenvalue weighted by atomic mass is 79.9. The monoisotopic (exact) mass is 341 g/mol. The number of nitrogens with zero attached hydrogens (tertiary/aromatic N) is 2. The Hall–Kier alpha value is -1.14. The van der Waals surface area contributed by atoms with Crippen molar-refractivity contribution in [3.63, 3.8) is 0 Å². The maximum atomic E-state index is 12.6. The van der Waals surface area contributed by atoms with Gasteiger partial charge in [0.1, 0.15) is 5.82 Å². The SMILES string of the molecule is CNc1ncc(Br)cc1C(=O)N1CCC(C(C)O)CC1. The van der Waals surface area contributed by atoms with E-state index < -0.39 is 0 Å². The minimum absolute atomic E-state index is 0.00723. The van der Waals surface area contributed by atoms with Crippen LogP contribution in [0.1, 0.15) is 30.1 Å². The summed E-state index contributed by atoms with van der Waals surface area (Å²) in [6.45, 7) is 3.19. The van der Waals surface area contributed by atoms with Gasteiger partial charge in [-0.15, -0.1) is 0 Å². The van der Waals surface area contributed by atoms with Crippen LogP contribution in [-0.4, -0.2) is 47.1 Å². The largest absolute Gasteiger partial charge is 0.393 e. The van der Waals surface area contributed by atoms with Crippen LogP contribution in [0.5, 0.6) is 0 Å². The number of aliphatic hydroxyl groups excluding tert-OH is 1. The number of aromatic nitrogens is 1. The predicted octanol–water partition coefficient (Wildman–Crippen LogP) is 2.12. The number of anilines is 1. The summed E-state index contributed by atoms with van der Waals surface area (Å²) in [4.78, 5) is 18.6. The molecule has 1 unspecified atom stereocenters. The highest BCUT2D eigenvalue weighted by Gasteiger charge is 2.27. The Morgan fingerprint density at radius 3 is 2.75 bits per heavy atom. The van der Waals surface area contributed by atoms with Crippen LogP contribution < -0.4 is 5.32 Å². The van der Waals surface area contributed by atoms with Gasteiger partial charge in [-0.3, -0.25) is 4.79 Å². The summed E-state index contributed by atoms with van der Waals surface area (Å²) in [5.41, 5.74) is 0.581. The van der Waals surface area contributed by atoms with E-state index in [1.165, 1.54) is 0 Å². The maximum absolute atomic E-state index is 12.6. The van der Waals surface area contributed by atoms with Crippen LogP contribution in [0, 0.1) is 5.92 Å². The topological polar surface area (TPSA) is 65.5 Å². The van der Waals surface area contributed by atoms with Crippen molar-refractivity contribution in [1.29, 1.82) is 0 Å². The number of aliphatic hydroxyl groups is 1. The first-order chi connectivity index (χ1) is 9.52. The van der Waals surface area contributed by atoms with Crippen LogP contribution >= 0.6 is 15.9 Å². The molecule has 5 nitrogen and oxygen atoms in total. The van der Waals surface area contributed by atoms with E-state index in [-0.39, 0.29) is 12.0 Å². The van der Waals surface area contributed by atoms with Crippen molar-refractivity contribution >= 4 is 27.7 Å². The summed E-state index contributed by atoms with van der Waals surface area (Å²) < 4.78 is 0.790. The predicted molar refractivity (Wildman–Crippen MR) is 81.8 cm³/mol. The van der Waals surface area contributed by atoms with Crippen LogP contribution in [0.3, 0.4) is 0 Å². The van der Waals surface area contributed by atoms with Gasteiger partial charge >= 0.3 is 0 Å². The molecular formula is C14H20BrN3O2. The highest BCUT2D eigenvalue weighted by molar-refractivity contribution is 9.10. The van der Waals surface area contributed by atoms with Crippen molar-refractivity contribution in [3.8, 4) is 0 Å². The van der Waals surface area contributed by atoms with Crippen molar-refractivity contribution in [3.05, 3.63) is 22.3 Å². The third kappa shape index (κ3) is 3.30. The van der Waals surface area contributed by atoms with Crippen molar-refractivity contribution in [2.45, 2.75) is 25.9 Å². The number of pyridine rings is 1. The Kier molecular flexibility index (Phi) is 4.99. The number of amides is 1. The molecule has 2 rings (SSSR count). The van der Waals surface area contributed by atoms with E-state index >= 15 is 0 Å². The van der Waals surface area contributed by atoms with Crippen molar-refractivity contribution in [2.24, 2.45) is 5.92 Å². The lowest BCUT2D eigenvalue weighted by Gasteiger charge is -2.33. The summed E-state index contributed by atoms with van der Waals surface area (Å²) >= 11 is 3.35. The van der Waals surface area contributed by atoms with Crippen LogP contribution in [0.25, 0.3) is 0 Å². The third-order valence-corrected chi connectivity index (χ3v) is 4.26. The fourth-order valence-electron chi connectivity index (χ4n) is 2.56. The minimum atomic E-state index is -0.298. The zero-order valence-corrected chi connectivity index (χ0v) is 13.4. The second-order valence-electron chi connectivity index (χ2n) is 5.17. The Morgan fingerprint density at radius 1 is 1.55 bits per heavy atom. The molecule has 0 spiro atoms. The maximum Gasteiger partial charge on any atom is 0.257 e. The van der Waals surface area contributed by atoms with Gasteiger partial charge in [-0.25, -0.2) is 4.98 Å². The molecule has 1 atom stereocenters. The molecule has 0 aliphatic carbocycles. The quantitative estimate of drug-likeness (QED) is 0.883. The number of likely N-dealkylation sites (tertiary alicyclic amines) is 1. The lowest BCUT2D eigenvalue weighted by molar-refractivity contribution is 0.0522. The number of halogens is 1. The Morgan fingerprint density at radius 2 is 2.20 bits per heavy atom. The average Bonchev–Trinajstić information content (AvgIpc) is 2.46. The molecule has 110 valence electrons. The van der Waals surface area contributed by atoms with Gasteiger partial charge in [-0.1, -0.05) is 0 Å². The number of hydrogen-bond acceptors (Lipinski definition) is 4. The molecule has 6 heteroatoms. The molecule has 1 fully saturated rings. The molecular weight excluding hydrogens is 322 g/mol. The second kappa shape index (κ2) is 6.54. The summed E-state index contributed by atoms with van der Waals surface area (Å²) in [5, 5.41) is 12.6. The number of nitrogens with one attached hydrogen (secondary N) is 1. The fourth-order valence-corrected chi connectivity index (χ4v) is 2.89. The first-order valence-corrected chi connectivity index (χ1v) is 7.63. The Bertz CT molecular complexity index is 485. The lowest BCUT2D eigenvalue weighted by Crippen LogP contribution is -2.41. The van der Waals surface area contributed by atoms with Gasteiger partial charge in [0.15, 0.2) is 0 Å². The summed E-state index contributed by atoms with van der Waals surface area (Å²) in [5.74, 6) is 0.881. The summed E-state index contributed by atoms with van der Waals surface area (Å²) in [6, 6.07) is 1.79. The van der Waals surface area contributed by atoms with E-state index in [0.29, 0.717) is 30.4 Å². The molecule has 0 saturated carbocycles. The third-order valence-electron chi connectivity index (χ3n) is 3.83. The van der Waals surface area contributed by atoms with Gasteiger partial charge < -0.3 is 15.3 Å². The van der Waals surface area contributed by atoms with Crippen LogP contribution in [0.15, 0.2) is 16.7 Å². The van der Waals surface area contributed by atoms with Crippen molar-refractivity contribution in [2.75, 3.05) is 25.5 Å². The Balaban J connectivity index is 2.11. The average molecular weight is 342 g/mol. The molecule has 1 aliphatic heterocycles. The molecule has 0 bridgehead atoms. The summed E-state index contributed by atoms with van der Waals surface area (Å²) in [7, 11) is 1.76. The van der Waals surface area contributed by atoms with Crippen LogP contribution in [0.4, 0.5) is 5.82 Å². The minimum Gasteiger partial charge on any atom is -0.393 e.